The number of hydrogen-bond acceptors (Lipinski definition) is 2. The van der Waals surface area contributed by atoms with Gasteiger partial charge in [0.2, 0.25) is 0 Å². The molecule has 0 atom stereocenters. The van der Waals surface area contributed by atoms with Crippen molar-refractivity contribution in [1.82, 2.24) is 10.2 Å². The number of urea groups is 1. The van der Waals surface area contributed by atoms with Gasteiger partial charge in [-0.25, -0.2) is 4.79 Å². The Morgan fingerprint density at radius 2 is 1.48 bits per heavy atom. The first-order valence-electron chi connectivity index (χ1n) is 8.25. The Morgan fingerprint density at radius 3 is 2.00 bits per heavy atom. The highest BCUT2D eigenvalue weighted by Gasteiger charge is 2.23. The largest absolute Gasteiger partial charge is 1.00 e. The molecule has 0 bridgehead atoms. The number of carbonyl (C=O) groups is 1. The normalized spacial score (nSPS) is 12.0. The molecule has 0 aliphatic carbocycles. The van der Waals surface area contributed by atoms with E-state index < -0.39 is 0 Å². The molecule has 2 aromatic carbocycles. The molecule has 0 saturated carbocycles. The van der Waals surface area contributed by atoms with Crippen molar-refractivity contribution in [2.24, 2.45) is 0 Å². The lowest BCUT2D eigenvalue weighted by Crippen LogP contribution is -3.00. The summed E-state index contributed by atoms with van der Waals surface area (Å²) in [5.41, 5.74) is 3.89. The van der Waals surface area contributed by atoms with Crippen molar-refractivity contribution >= 4 is 29.6 Å². The van der Waals surface area contributed by atoms with Gasteiger partial charge in [-0.2, -0.15) is 0 Å². The average molecular weight is 357 g/mol. The molecule has 0 fully saturated rings. The molecule has 0 aromatic heterocycles. The van der Waals surface area contributed by atoms with Crippen molar-refractivity contribution in [3.05, 3.63) is 59.7 Å². The topological polar surface area (TPSA) is 35.6 Å². The van der Waals surface area contributed by atoms with Crippen LogP contribution in [0.4, 0.5) is 16.2 Å². The Balaban J connectivity index is 0.00000225. The second-order valence-corrected chi connectivity index (χ2v) is 6.18. The standard InChI is InChI=1S/C20H23N3O.ClH/c1-22(2)15-7-14-21-20(24)23-18-10-5-3-8-16(18)12-13-17-9-4-6-11-19(17)23;/h3-6,8-13H,7,14-15H2,1-2H3,(H,21,24);1H/p-1. The zero-order valence-corrected chi connectivity index (χ0v) is 15.3. The van der Waals surface area contributed by atoms with Crippen molar-refractivity contribution in [1.29, 1.82) is 0 Å². The Hall–Kier alpha value is -2.30. The predicted octanol–water partition coefficient (Wildman–Crippen LogP) is 0.974. The highest BCUT2D eigenvalue weighted by atomic mass is 35.5. The fourth-order valence-electron chi connectivity index (χ4n) is 2.86. The summed E-state index contributed by atoms with van der Waals surface area (Å²) in [7, 11) is 4.07. The molecule has 1 aliphatic rings. The maximum atomic E-state index is 12.9. The summed E-state index contributed by atoms with van der Waals surface area (Å²) < 4.78 is 0. The molecular formula is C20H23ClN3O-. The van der Waals surface area contributed by atoms with Gasteiger partial charge in [-0.05, 0) is 50.3 Å². The van der Waals surface area contributed by atoms with Crippen LogP contribution in [0.1, 0.15) is 17.5 Å². The molecule has 132 valence electrons. The van der Waals surface area contributed by atoms with E-state index in [0.29, 0.717) is 6.54 Å². The number of benzene rings is 2. The van der Waals surface area contributed by atoms with Gasteiger partial charge in [0.25, 0.3) is 0 Å². The summed E-state index contributed by atoms with van der Waals surface area (Å²) in [6.07, 6.45) is 5.05. The van der Waals surface area contributed by atoms with E-state index in [1.165, 1.54) is 0 Å². The lowest BCUT2D eigenvalue weighted by Gasteiger charge is -2.25. The first-order chi connectivity index (χ1) is 11.7. The molecule has 0 unspecified atom stereocenters. The quantitative estimate of drug-likeness (QED) is 0.829. The monoisotopic (exact) mass is 356 g/mol. The molecule has 1 aliphatic heterocycles. The number of anilines is 2. The summed E-state index contributed by atoms with van der Waals surface area (Å²) in [5.74, 6) is 0. The molecule has 0 radical (unpaired) electrons. The minimum atomic E-state index is -0.0858. The van der Waals surface area contributed by atoms with Crippen LogP contribution in [0, 0.1) is 0 Å². The number of nitrogens with zero attached hydrogens (tertiary/aromatic N) is 2. The highest BCUT2D eigenvalue weighted by Crippen LogP contribution is 2.36. The first kappa shape index (κ1) is 19.0. The van der Waals surface area contributed by atoms with Gasteiger partial charge in [0, 0.05) is 6.54 Å². The van der Waals surface area contributed by atoms with Gasteiger partial charge in [0.05, 0.1) is 11.4 Å². The summed E-state index contributed by atoms with van der Waals surface area (Å²) in [6.45, 7) is 1.61. The van der Waals surface area contributed by atoms with Crippen LogP contribution in [0.2, 0.25) is 0 Å². The number of carbonyl (C=O) groups excluding carboxylic acids is 1. The van der Waals surface area contributed by atoms with Crippen molar-refractivity contribution in [2.75, 3.05) is 32.1 Å². The van der Waals surface area contributed by atoms with Crippen molar-refractivity contribution in [3.8, 4) is 0 Å². The van der Waals surface area contributed by atoms with E-state index in [2.05, 4.69) is 22.4 Å². The summed E-state index contributed by atoms with van der Waals surface area (Å²) >= 11 is 0. The van der Waals surface area contributed by atoms with E-state index in [9.17, 15) is 4.79 Å². The number of hydrogen-bond donors (Lipinski definition) is 1. The zero-order valence-electron chi connectivity index (χ0n) is 14.6. The van der Waals surface area contributed by atoms with Gasteiger partial charge >= 0.3 is 6.03 Å². The molecule has 0 spiro atoms. The first-order valence-corrected chi connectivity index (χ1v) is 8.25. The van der Waals surface area contributed by atoms with Crippen LogP contribution in [0.5, 0.6) is 0 Å². The maximum Gasteiger partial charge on any atom is 0.326 e. The lowest BCUT2D eigenvalue weighted by molar-refractivity contribution is -0.00000793. The van der Waals surface area contributed by atoms with E-state index >= 15 is 0 Å². The van der Waals surface area contributed by atoms with Crippen molar-refractivity contribution in [2.45, 2.75) is 6.42 Å². The van der Waals surface area contributed by atoms with Gasteiger partial charge in [-0.15, -0.1) is 0 Å². The Bertz CT molecular complexity index is 709. The van der Waals surface area contributed by atoms with Crippen LogP contribution in [-0.4, -0.2) is 38.1 Å². The molecular weight excluding hydrogens is 334 g/mol. The van der Waals surface area contributed by atoms with E-state index in [0.717, 1.165) is 35.5 Å². The Kier molecular flexibility index (Phi) is 6.62. The molecule has 5 heteroatoms. The minimum absolute atomic E-state index is 0. The van der Waals surface area contributed by atoms with Gasteiger partial charge in [-0.3, -0.25) is 4.90 Å². The number of fused-ring (bicyclic) bond motifs is 2. The van der Waals surface area contributed by atoms with Crippen LogP contribution < -0.4 is 22.6 Å². The fraction of sp³-hybridized carbons (Fsp3) is 0.250. The number of para-hydroxylation sites is 2. The SMILES string of the molecule is CN(C)CCCNC(=O)N1c2ccccc2C=Cc2ccccc21.[Cl-]. The molecule has 1 heterocycles. The molecule has 0 saturated heterocycles. The number of rotatable bonds is 4. The summed E-state index contributed by atoms with van der Waals surface area (Å²) in [5, 5.41) is 3.05. The van der Waals surface area contributed by atoms with Crippen LogP contribution >= 0.6 is 0 Å². The fourth-order valence-corrected chi connectivity index (χ4v) is 2.86. The molecule has 25 heavy (non-hydrogen) atoms. The summed E-state index contributed by atoms with van der Waals surface area (Å²) in [6, 6.07) is 15.9. The van der Waals surface area contributed by atoms with Crippen LogP contribution in [0.3, 0.4) is 0 Å². The smallest absolute Gasteiger partial charge is 0.326 e. The van der Waals surface area contributed by atoms with Gasteiger partial charge in [0.1, 0.15) is 0 Å². The Morgan fingerprint density at radius 1 is 0.960 bits per heavy atom. The predicted molar refractivity (Wildman–Crippen MR) is 101 cm³/mol. The van der Waals surface area contributed by atoms with Crippen LogP contribution in [0.25, 0.3) is 12.2 Å². The zero-order chi connectivity index (χ0) is 16.9. The third kappa shape index (κ3) is 4.41. The lowest BCUT2D eigenvalue weighted by atomic mass is 10.1. The molecule has 2 amide bonds. The van der Waals surface area contributed by atoms with Crippen molar-refractivity contribution < 1.29 is 17.2 Å². The second-order valence-electron chi connectivity index (χ2n) is 6.18. The third-order valence-electron chi connectivity index (χ3n) is 4.06. The minimum Gasteiger partial charge on any atom is -1.00 e. The maximum absolute atomic E-state index is 12.9. The van der Waals surface area contributed by atoms with E-state index in [-0.39, 0.29) is 18.4 Å². The van der Waals surface area contributed by atoms with Gasteiger partial charge in [0.15, 0.2) is 0 Å². The second kappa shape index (κ2) is 8.70. The molecule has 2 aromatic rings. The average Bonchev–Trinajstić information content (AvgIpc) is 2.75. The Labute approximate surface area is 155 Å². The number of nitrogens with one attached hydrogen (secondary N) is 1. The van der Waals surface area contributed by atoms with Gasteiger partial charge < -0.3 is 22.6 Å². The molecule has 3 rings (SSSR count). The van der Waals surface area contributed by atoms with E-state index in [1.54, 1.807) is 4.90 Å². The summed E-state index contributed by atoms with van der Waals surface area (Å²) in [4.78, 5) is 16.8. The highest BCUT2D eigenvalue weighted by molar-refractivity contribution is 6.05. The number of halogens is 1. The van der Waals surface area contributed by atoms with Gasteiger partial charge in [-0.1, -0.05) is 48.6 Å². The molecule has 1 N–H and O–H groups in total. The number of amides is 2. The third-order valence-corrected chi connectivity index (χ3v) is 4.06. The van der Waals surface area contributed by atoms with E-state index in [1.807, 2.05) is 62.6 Å². The van der Waals surface area contributed by atoms with Crippen LogP contribution in [-0.2, 0) is 0 Å². The van der Waals surface area contributed by atoms with E-state index in [4.69, 9.17) is 0 Å². The van der Waals surface area contributed by atoms with Crippen LogP contribution in [0.15, 0.2) is 48.5 Å². The molecule has 4 nitrogen and oxygen atoms in total. The van der Waals surface area contributed by atoms with Crippen molar-refractivity contribution in [3.63, 3.8) is 0 Å².